The molecule has 0 aromatic heterocycles. The second-order valence-corrected chi connectivity index (χ2v) is 8.11. The van der Waals surface area contributed by atoms with Crippen LogP contribution in [0.15, 0.2) is 0 Å². The van der Waals surface area contributed by atoms with E-state index in [9.17, 15) is 14.2 Å². The number of thiol groups is 1. The summed E-state index contributed by atoms with van der Waals surface area (Å²) in [6.07, 6.45) is 1.16. The zero-order valence-corrected chi connectivity index (χ0v) is 15.5. The predicted molar refractivity (Wildman–Crippen MR) is 87.2 cm³/mol. The van der Waals surface area contributed by atoms with Gasteiger partial charge in [0.2, 0.25) is 5.78 Å². The van der Waals surface area contributed by atoms with Gasteiger partial charge in [-0.15, -0.1) is 0 Å². The lowest BCUT2D eigenvalue weighted by molar-refractivity contribution is -0.155. The molecule has 1 amide bonds. The Kier molecular flexibility index (Phi) is 9.31. The summed E-state index contributed by atoms with van der Waals surface area (Å²) < 4.78 is 28.6. The maximum absolute atomic E-state index is 12.9. The second-order valence-electron chi connectivity index (χ2n) is 5.59. The van der Waals surface area contributed by atoms with Crippen LogP contribution in [0, 0.1) is 0 Å². The summed E-state index contributed by atoms with van der Waals surface area (Å²) in [5, 5.41) is 1.38. The molecule has 0 aromatic rings. The smallest absolute Gasteiger partial charge is 0.364 e. The van der Waals surface area contributed by atoms with E-state index in [1.54, 1.807) is 20.8 Å². The van der Waals surface area contributed by atoms with Gasteiger partial charge in [-0.05, 0) is 33.6 Å². The Morgan fingerprint density at radius 3 is 1.91 bits per heavy atom. The van der Waals surface area contributed by atoms with E-state index in [0.717, 1.165) is 0 Å². The number of esters is 1. The normalized spacial score (nSPS) is 13.5. The van der Waals surface area contributed by atoms with Crippen molar-refractivity contribution >= 4 is 31.4 Å². The van der Waals surface area contributed by atoms with Crippen molar-refractivity contribution in [1.29, 1.82) is 0 Å². The van der Waals surface area contributed by atoms with E-state index >= 15 is 0 Å². The average molecular weight is 355 g/mol. The monoisotopic (exact) mass is 355 g/mol. The first kappa shape index (κ1) is 21.4. The molecular weight excluding hydrogens is 329 g/mol. The maximum Gasteiger partial charge on any atom is 0.364 e. The summed E-state index contributed by atoms with van der Waals surface area (Å²) in [4.78, 5) is 23.5. The molecule has 7 nitrogen and oxygen atoms in total. The van der Waals surface area contributed by atoms with E-state index in [4.69, 9.17) is 13.8 Å². The zero-order chi connectivity index (χ0) is 17.4. The van der Waals surface area contributed by atoms with Gasteiger partial charge in [-0.3, -0.25) is 9.36 Å². The van der Waals surface area contributed by atoms with Crippen LogP contribution in [-0.4, -0.2) is 35.8 Å². The largest absolute Gasteiger partial charge is 0.458 e. The lowest BCUT2D eigenvalue weighted by atomic mass is 10.2. The molecule has 0 rings (SSSR count). The first-order valence-corrected chi connectivity index (χ1v) is 9.22. The van der Waals surface area contributed by atoms with E-state index in [2.05, 4.69) is 17.9 Å². The number of carbonyl (C=O) groups excluding carboxylic acids is 2. The highest BCUT2D eigenvalue weighted by Crippen LogP contribution is 2.53. The number of amides is 1. The van der Waals surface area contributed by atoms with Crippen molar-refractivity contribution in [3.63, 3.8) is 0 Å². The van der Waals surface area contributed by atoms with Crippen LogP contribution in [0.5, 0.6) is 0 Å². The molecule has 22 heavy (non-hydrogen) atoms. The Hall–Kier alpha value is -0.560. The van der Waals surface area contributed by atoms with Crippen molar-refractivity contribution in [3.8, 4) is 0 Å². The molecule has 1 atom stereocenters. The van der Waals surface area contributed by atoms with Crippen molar-refractivity contribution in [2.45, 2.75) is 58.8 Å². The number of nitrogens with one attached hydrogen (secondary N) is 1. The van der Waals surface area contributed by atoms with Gasteiger partial charge in [0.15, 0.2) is 0 Å². The van der Waals surface area contributed by atoms with E-state index in [0.29, 0.717) is 12.8 Å². The molecule has 0 heterocycles. The molecule has 0 bridgehead atoms. The molecule has 130 valence electrons. The Bertz CT molecular complexity index is 411. The van der Waals surface area contributed by atoms with E-state index in [-0.39, 0.29) is 13.2 Å². The number of hydrogen-bond acceptors (Lipinski definition) is 6. The van der Waals surface area contributed by atoms with Crippen molar-refractivity contribution in [1.82, 2.24) is 5.32 Å². The standard InChI is InChI=1S/C13H26NO6PS/c1-6-8-18-21(17,19-9-7-2)10(14-12(16)22)11(15)20-13(3,4)5/h10H,6-9H2,1-5H3,(H2,14,16,22). The summed E-state index contributed by atoms with van der Waals surface area (Å²) in [5.41, 5.74) is -0.809. The van der Waals surface area contributed by atoms with Gasteiger partial charge in [-0.2, -0.15) is 0 Å². The molecule has 0 fully saturated rings. The predicted octanol–water partition coefficient (Wildman–Crippen LogP) is 3.34. The third-order valence-electron chi connectivity index (χ3n) is 2.16. The number of rotatable bonds is 9. The van der Waals surface area contributed by atoms with Gasteiger partial charge in [-0.1, -0.05) is 26.5 Å². The highest BCUT2D eigenvalue weighted by atomic mass is 32.1. The van der Waals surface area contributed by atoms with Crippen LogP contribution < -0.4 is 5.32 Å². The Morgan fingerprint density at radius 1 is 1.14 bits per heavy atom. The lowest BCUT2D eigenvalue weighted by Crippen LogP contribution is -2.43. The summed E-state index contributed by atoms with van der Waals surface area (Å²) in [5.74, 6) is -2.43. The first-order chi connectivity index (χ1) is 10.1. The molecule has 0 spiro atoms. The van der Waals surface area contributed by atoms with Gasteiger partial charge >= 0.3 is 13.6 Å². The number of carbonyl (C=O) groups is 2. The molecule has 0 saturated heterocycles. The summed E-state index contributed by atoms with van der Waals surface area (Å²) in [7, 11) is -3.91. The molecule has 0 saturated carbocycles. The molecule has 0 aromatic carbocycles. The van der Waals surface area contributed by atoms with E-state index in [1.807, 2.05) is 13.8 Å². The third-order valence-corrected chi connectivity index (χ3v) is 4.34. The molecule has 1 N–H and O–H groups in total. The Balaban J connectivity index is 5.40. The summed E-state index contributed by atoms with van der Waals surface area (Å²) >= 11 is 3.57. The van der Waals surface area contributed by atoms with Crippen LogP contribution in [0.3, 0.4) is 0 Å². The molecule has 0 radical (unpaired) electrons. The molecule has 1 unspecified atom stereocenters. The number of ether oxygens (including phenoxy) is 1. The van der Waals surface area contributed by atoms with Gasteiger partial charge in [-0.25, -0.2) is 4.79 Å². The summed E-state index contributed by atoms with van der Waals surface area (Å²) in [6, 6.07) is 0. The molecule has 0 aliphatic rings. The minimum atomic E-state index is -3.91. The van der Waals surface area contributed by atoms with Crippen LogP contribution in [0.2, 0.25) is 0 Å². The molecule has 0 aliphatic heterocycles. The lowest BCUT2D eigenvalue weighted by Gasteiger charge is -2.28. The van der Waals surface area contributed by atoms with Crippen LogP contribution in [0.25, 0.3) is 0 Å². The van der Waals surface area contributed by atoms with E-state index in [1.165, 1.54) is 0 Å². The van der Waals surface area contributed by atoms with Crippen molar-refractivity contribution in [2.75, 3.05) is 13.2 Å². The SMILES string of the molecule is CCCOP(=O)(OCCC)C(NC(=O)S)C(=O)OC(C)(C)C. The van der Waals surface area contributed by atoms with E-state index < -0.39 is 30.2 Å². The van der Waals surface area contributed by atoms with Crippen molar-refractivity contribution in [3.05, 3.63) is 0 Å². The van der Waals surface area contributed by atoms with Crippen molar-refractivity contribution in [2.24, 2.45) is 0 Å². The van der Waals surface area contributed by atoms with Crippen LogP contribution >= 0.6 is 20.2 Å². The average Bonchev–Trinajstić information content (AvgIpc) is 2.38. The molecular formula is C13H26NO6PS. The highest BCUT2D eigenvalue weighted by Gasteiger charge is 2.44. The van der Waals surface area contributed by atoms with Crippen LogP contribution in [0.4, 0.5) is 4.79 Å². The van der Waals surface area contributed by atoms with Crippen LogP contribution in [-0.2, 0) is 23.1 Å². The minimum absolute atomic E-state index is 0.128. The Morgan fingerprint density at radius 2 is 1.59 bits per heavy atom. The minimum Gasteiger partial charge on any atom is -0.458 e. The highest BCUT2D eigenvalue weighted by molar-refractivity contribution is 7.96. The first-order valence-electron chi connectivity index (χ1n) is 7.16. The van der Waals surface area contributed by atoms with Gasteiger partial charge in [0, 0.05) is 0 Å². The van der Waals surface area contributed by atoms with Gasteiger partial charge in [0.1, 0.15) is 5.60 Å². The summed E-state index contributed by atoms with van der Waals surface area (Å²) in [6.45, 7) is 8.89. The van der Waals surface area contributed by atoms with Crippen LogP contribution in [0.1, 0.15) is 47.5 Å². The second kappa shape index (κ2) is 9.55. The third kappa shape index (κ3) is 8.17. The fourth-order valence-electron chi connectivity index (χ4n) is 1.37. The fourth-order valence-corrected chi connectivity index (χ4v) is 3.43. The Labute approximate surface area is 137 Å². The van der Waals surface area contributed by atoms with Gasteiger partial charge in [0.05, 0.1) is 13.2 Å². The zero-order valence-electron chi connectivity index (χ0n) is 13.7. The topological polar surface area (TPSA) is 90.9 Å². The van der Waals surface area contributed by atoms with Gasteiger partial charge in [0.25, 0.3) is 5.24 Å². The van der Waals surface area contributed by atoms with Gasteiger partial charge < -0.3 is 19.1 Å². The fraction of sp³-hybridized carbons (Fsp3) is 0.846. The molecule has 9 heteroatoms. The van der Waals surface area contributed by atoms with Crippen molar-refractivity contribution < 1.29 is 27.9 Å². The number of hydrogen-bond donors (Lipinski definition) is 2. The molecule has 0 aliphatic carbocycles. The quantitative estimate of drug-likeness (QED) is 0.374. The maximum atomic E-state index is 12.9.